The van der Waals surface area contributed by atoms with Crippen LogP contribution in [0.4, 0.5) is 0 Å². The Balaban J connectivity index is 2.38. The number of aryl methyl sites for hydroxylation is 1. The maximum atomic E-state index is 12.7. The number of carbonyl (C=O) groups is 2. The molecule has 5 nitrogen and oxygen atoms in total. The first-order valence-electron chi connectivity index (χ1n) is 7.71. The second-order valence-electron chi connectivity index (χ2n) is 5.14. The van der Waals surface area contributed by atoms with Crippen LogP contribution in [0.25, 0.3) is 10.8 Å². The first-order valence-corrected chi connectivity index (χ1v) is 7.71. The SMILES string of the molecule is CCOC(=O)[C@H](CO)NC(=O)c1c(CC)ccc2ccccc12. The molecule has 0 bridgehead atoms. The average molecular weight is 315 g/mol. The molecule has 2 aromatic rings. The van der Waals surface area contributed by atoms with E-state index in [2.05, 4.69) is 5.32 Å². The molecule has 0 heterocycles. The molecule has 2 N–H and O–H groups in total. The molecule has 2 aromatic carbocycles. The molecular weight excluding hydrogens is 294 g/mol. The van der Waals surface area contributed by atoms with Crippen LogP contribution in [-0.2, 0) is 16.0 Å². The lowest BCUT2D eigenvalue weighted by molar-refractivity contribution is -0.146. The number of ether oxygens (including phenoxy) is 1. The van der Waals surface area contributed by atoms with Crippen molar-refractivity contribution in [2.75, 3.05) is 13.2 Å². The third-order valence-electron chi connectivity index (χ3n) is 3.68. The molecular formula is C18H21NO4. The Morgan fingerprint density at radius 2 is 1.91 bits per heavy atom. The Morgan fingerprint density at radius 3 is 2.57 bits per heavy atom. The number of hydrogen-bond donors (Lipinski definition) is 2. The van der Waals surface area contributed by atoms with E-state index in [1.165, 1.54) is 0 Å². The molecule has 1 amide bonds. The number of carbonyl (C=O) groups excluding carboxylic acids is 2. The van der Waals surface area contributed by atoms with Crippen molar-refractivity contribution in [2.45, 2.75) is 26.3 Å². The summed E-state index contributed by atoms with van der Waals surface area (Å²) in [7, 11) is 0. The van der Waals surface area contributed by atoms with Gasteiger partial charge in [-0.25, -0.2) is 4.79 Å². The van der Waals surface area contributed by atoms with E-state index in [0.29, 0.717) is 12.0 Å². The Labute approximate surface area is 135 Å². The summed E-state index contributed by atoms with van der Waals surface area (Å²) < 4.78 is 4.86. The van der Waals surface area contributed by atoms with Crippen LogP contribution in [0.1, 0.15) is 29.8 Å². The van der Waals surface area contributed by atoms with Gasteiger partial charge < -0.3 is 15.2 Å². The molecule has 0 radical (unpaired) electrons. The zero-order valence-electron chi connectivity index (χ0n) is 13.3. The van der Waals surface area contributed by atoms with Crippen LogP contribution in [-0.4, -0.2) is 36.2 Å². The van der Waals surface area contributed by atoms with Crippen LogP contribution in [0.15, 0.2) is 36.4 Å². The van der Waals surface area contributed by atoms with E-state index in [-0.39, 0.29) is 12.5 Å². The highest BCUT2D eigenvalue weighted by Crippen LogP contribution is 2.23. The van der Waals surface area contributed by atoms with Gasteiger partial charge >= 0.3 is 5.97 Å². The minimum absolute atomic E-state index is 0.194. The normalized spacial score (nSPS) is 12.0. The molecule has 1 atom stereocenters. The van der Waals surface area contributed by atoms with E-state index in [4.69, 9.17) is 4.74 Å². The number of aliphatic hydroxyl groups is 1. The van der Waals surface area contributed by atoms with E-state index >= 15 is 0 Å². The molecule has 122 valence electrons. The van der Waals surface area contributed by atoms with E-state index < -0.39 is 18.6 Å². The number of rotatable bonds is 6. The number of hydrogen-bond acceptors (Lipinski definition) is 4. The minimum Gasteiger partial charge on any atom is -0.464 e. The van der Waals surface area contributed by atoms with Gasteiger partial charge in [0.25, 0.3) is 5.91 Å². The molecule has 0 unspecified atom stereocenters. The van der Waals surface area contributed by atoms with Crippen LogP contribution in [0.2, 0.25) is 0 Å². The lowest BCUT2D eigenvalue weighted by Gasteiger charge is -2.17. The molecule has 0 saturated carbocycles. The molecule has 5 heteroatoms. The van der Waals surface area contributed by atoms with E-state index in [1.54, 1.807) is 6.92 Å². The highest BCUT2D eigenvalue weighted by Gasteiger charge is 2.23. The summed E-state index contributed by atoms with van der Waals surface area (Å²) in [5.41, 5.74) is 1.43. The van der Waals surface area contributed by atoms with Gasteiger partial charge in [0.1, 0.15) is 0 Å². The Morgan fingerprint density at radius 1 is 1.17 bits per heavy atom. The summed E-state index contributed by atoms with van der Waals surface area (Å²) in [6, 6.07) is 10.4. The van der Waals surface area contributed by atoms with Gasteiger partial charge in [-0.3, -0.25) is 4.79 Å². The van der Waals surface area contributed by atoms with Gasteiger partial charge in [0.2, 0.25) is 0 Å². The average Bonchev–Trinajstić information content (AvgIpc) is 2.58. The first kappa shape index (κ1) is 17.0. The Bertz CT molecular complexity index is 711. The molecule has 2 rings (SSSR count). The van der Waals surface area contributed by atoms with E-state index in [0.717, 1.165) is 16.3 Å². The molecule has 0 aliphatic rings. The highest BCUT2D eigenvalue weighted by molar-refractivity contribution is 6.09. The van der Waals surface area contributed by atoms with Crippen molar-refractivity contribution in [1.29, 1.82) is 0 Å². The van der Waals surface area contributed by atoms with Crippen molar-refractivity contribution < 1.29 is 19.4 Å². The molecule has 0 aliphatic heterocycles. The lowest BCUT2D eigenvalue weighted by Crippen LogP contribution is -2.44. The smallest absolute Gasteiger partial charge is 0.331 e. The minimum atomic E-state index is -1.06. The molecule has 0 aliphatic carbocycles. The van der Waals surface area contributed by atoms with Gasteiger partial charge in [-0.1, -0.05) is 43.3 Å². The molecule has 0 spiro atoms. The van der Waals surface area contributed by atoms with Crippen molar-refractivity contribution >= 4 is 22.6 Å². The van der Waals surface area contributed by atoms with Gasteiger partial charge in [-0.15, -0.1) is 0 Å². The molecule has 23 heavy (non-hydrogen) atoms. The number of benzene rings is 2. The zero-order chi connectivity index (χ0) is 16.8. The first-order chi connectivity index (χ1) is 11.1. The van der Waals surface area contributed by atoms with Gasteiger partial charge in [0, 0.05) is 0 Å². The number of amides is 1. The standard InChI is InChI=1S/C18H21NO4/c1-3-12-9-10-13-7-5-6-8-14(13)16(12)17(21)19-15(11-20)18(22)23-4-2/h5-10,15,20H,3-4,11H2,1-2H3,(H,19,21)/t15-/m0/s1. The third-order valence-corrected chi connectivity index (χ3v) is 3.68. The number of esters is 1. The maximum absolute atomic E-state index is 12.7. The predicted molar refractivity (Wildman–Crippen MR) is 88.3 cm³/mol. The summed E-state index contributed by atoms with van der Waals surface area (Å²) in [5.74, 6) is -1.02. The second-order valence-corrected chi connectivity index (χ2v) is 5.14. The summed E-state index contributed by atoms with van der Waals surface area (Å²) in [4.78, 5) is 24.4. The van der Waals surface area contributed by atoms with Crippen LogP contribution >= 0.6 is 0 Å². The summed E-state index contributed by atoms with van der Waals surface area (Å²) in [5, 5.41) is 13.7. The van der Waals surface area contributed by atoms with Gasteiger partial charge in [-0.2, -0.15) is 0 Å². The number of fused-ring (bicyclic) bond motifs is 1. The fraction of sp³-hybridized carbons (Fsp3) is 0.333. The van der Waals surface area contributed by atoms with E-state index in [9.17, 15) is 14.7 Å². The molecule has 0 fully saturated rings. The molecule has 0 aromatic heterocycles. The fourth-order valence-electron chi connectivity index (χ4n) is 2.53. The monoisotopic (exact) mass is 315 g/mol. The Hall–Kier alpha value is -2.40. The fourth-order valence-corrected chi connectivity index (χ4v) is 2.53. The highest BCUT2D eigenvalue weighted by atomic mass is 16.5. The van der Waals surface area contributed by atoms with E-state index in [1.807, 2.05) is 43.3 Å². The van der Waals surface area contributed by atoms with Crippen molar-refractivity contribution in [3.8, 4) is 0 Å². The topological polar surface area (TPSA) is 75.6 Å². The number of nitrogens with one attached hydrogen (secondary N) is 1. The third kappa shape index (κ3) is 3.68. The van der Waals surface area contributed by atoms with Crippen LogP contribution < -0.4 is 5.32 Å². The van der Waals surface area contributed by atoms with Gasteiger partial charge in [0.15, 0.2) is 6.04 Å². The molecule has 0 saturated heterocycles. The number of aliphatic hydroxyl groups excluding tert-OH is 1. The second kappa shape index (κ2) is 7.74. The van der Waals surface area contributed by atoms with Crippen molar-refractivity contribution in [3.05, 3.63) is 47.5 Å². The Kier molecular flexibility index (Phi) is 5.71. The van der Waals surface area contributed by atoms with Crippen LogP contribution in [0, 0.1) is 0 Å². The lowest BCUT2D eigenvalue weighted by atomic mass is 9.96. The largest absolute Gasteiger partial charge is 0.464 e. The maximum Gasteiger partial charge on any atom is 0.331 e. The summed E-state index contributed by atoms with van der Waals surface area (Å²) >= 11 is 0. The van der Waals surface area contributed by atoms with Crippen molar-refractivity contribution in [1.82, 2.24) is 5.32 Å². The van der Waals surface area contributed by atoms with Gasteiger partial charge in [-0.05, 0) is 29.7 Å². The quantitative estimate of drug-likeness (QED) is 0.800. The van der Waals surface area contributed by atoms with Crippen molar-refractivity contribution in [2.24, 2.45) is 0 Å². The summed E-state index contributed by atoms with van der Waals surface area (Å²) in [6.45, 7) is 3.33. The van der Waals surface area contributed by atoms with Crippen LogP contribution in [0.3, 0.4) is 0 Å². The van der Waals surface area contributed by atoms with Gasteiger partial charge in [0.05, 0.1) is 18.8 Å². The summed E-state index contributed by atoms with van der Waals surface area (Å²) in [6.07, 6.45) is 0.691. The predicted octanol–water partition coefficient (Wildman–Crippen LogP) is 2.06. The van der Waals surface area contributed by atoms with Crippen molar-refractivity contribution in [3.63, 3.8) is 0 Å². The van der Waals surface area contributed by atoms with Crippen LogP contribution in [0.5, 0.6) is 0 Å². The zero-order valence-corrected chi connectivity index (χ0v) is 13.3.